The highest BCUT2D eigenvalue weighted by Crippen LogP contribution is 2.11. The molecule has 1 aliphatic heterocycles. The zero-order valence-electron chi connectivity index (χ0n) is 10.6. The molecule has 1 aromatic rings. The van der Waals surface area contributed by atoms with Gasteiger partial charge in [-0.25, -0.2) is 9.18 Å². The number of benzene rings is 1. The van der Waals surface area contributed by atoms with E-state index in [0.717, 1.165) is 18.4 Å². The molecule has 19 heavy (non-hydrogen) atoms. The molecular weight excluding hydrogens is 247 g/mol. The van der Waals surface area contributed by atoms with Crippen LogP contribution in [0.3, 0.4) is 0 Å². The van der Waals surface area contributed by atoms with Crippen molar-refractivity contribution < 1.29 is 13.9 Å². The molecule has 0 unspecified atom stereocenters. The van der Waals surface area contributed by atoms with Gasteiger partial charge in [0, 0.05) is 12.7 Å². The van der Waals surface area contributed by atoms with Crippen LogP contribution in [-0.4, -0.2) is 19.2 Å². The molecule has 1 aromatic carbocycles. The predicted octanol–water partition coefficient (Wildman–Crippen LogP) is 2.32. The van der Waals surface area contributed by atoms with Gasteiger partial charge < -0.3 is 15.4 Å². The molecule has 2 N–H and O–H groups in total. The predicted molar refractivity (Wildman–Crippen MR) is 69.9 cm³/mol. The Morgan fingerprint density at radius 2 is 1.95 bits per heavy atom. The zero-order chi connectivity index (χ0) is 13.5. The monoisotopic (exact) mass is 264 g/mol. The Balaban J connectivity index is 1.73. The van der Waals surface area contributed by atoms with E-state index in [1.807, 2.05) is 0 Å². The third kappa shape index (κ3) is 4.71. The lowest BCUT2D eigenvalue weighted by atomic mass is 10.1. The van der Waals surface area contributed by atoms with Gasteiger partial charge in [-0.1, -0.05) is 12.1 Å². The second-order valence-corrected chi connectivity index (χ2v) is 4.37. The first-order chi connectivity index (χ1) is 9.24. The Bertz CT molecular complexity index is 449. The fourth-order valence-electron chi connectivity index (χ4n) is 1.78. The van der Waals surface area contributed by atoms with Crippen molar-refractivity contribution in [3.05, 3.63) is 47.4 Å². The van der Waals surface area contributed by atoms with Crippen molar-refractivity contribution in [2.24, 2.45) is 0 Å². The highest BCUT2D eigenvalue weighted by atomic mass is 19.1. The SMILES string of the molecule is O=C(NC=C1CCOCC1)NCc1ccc(F)cc1. The summed E-state index contributed by atoms with van der Waals surface area (Å²) in [6.07, 6.45) is 3.46. The zero-order valence-corrected chi connectivity index (χ0v) is 10.6. The van der Waals surface area contributed by atoms with E-state index in [0.29, 0.717) is 19.8 Å². The molecule has 2 amide bonds. The van der Waals surface area contributed by atoms with Gasteiger partial charge in [-0.15, -0.1) is 0 Å². The summed E-state index contributed by atoms with van der Waals surface area (Å²) in [7, 11) is 0. The van der Waals surface area contributed by atoms with E-state index in [1.54, 1.807) is 18.3 Å². The number of carbonyl (C=O) groups is 1. The molecule has 0 radical (unpaired) electrons. The van der Waals surface area contributed by atoms with E-state index < -0.39 is 0 Å². The molecule has 0 bridgehead atoms. The van der Waals surface area contributed by atoms with Crippen LogP contribution in [0, 0.1) is 5.82 Å². The van der Waals surface area contributed by atoms with Crippen LogP contribution in [0.4, 0.5) is 9.18 Å². The van der Waals surface area contributed by atoms with Crippen LogP contribution in [0.25, 0.3) is 0 Å². The van der Waals surface area contributed by atoms with Crippen LogP contribution < -0.4 is 10.6 Å². The lowest BCUT2D eigenvalue weighted by Gasteiger charge is -2.14. The number of halogens is 1. The number of amides is 2. The minimum atomic E-state index is -0.280. The molecule has 1 fully saturated rings. The lowest BCUT2D eigenvalue weighted by molar-refractivity contribution is 0.119. The Morgan fingerprint density at radius 1 is 1.26 bits per heavy atom. The second-order valence-electron chi connectivity index (χ2n) is 4.37. The van der Waals surface area contributed by atoms with Crippen LogP contribution >= 0.6 is 0 Å². The van der Waals surface area contributed by atoms with Crippen molar-refractivity contribution >= 4 is 6.03 Å². The molecule has 1 saturated heterocycles. The number of urea groups is 1. The average molecular weight is 264 g/mol. The van der Waals surface area contributed by atoms with E-state index in [-0.39, 0.29) is 11.8 Å². The van der Waals surface area contributed by atoms with Gasteiger partial charge in [0.15, 0.2) is 0 Å². The van der Waals surface area contributed by atoms with Gasteiger partial charge in [-0.2, -0.15) is 0 Å². The second kappa shape index (κ2) is 6.89. The number of carbonyl (C=O) groups excluding carboxylic acids is 1. The Morgan fingerprint density at radius 3 is 2.63 bits per heavy atom. The lowest BCUT2D eigenvalue weighted by Crippen LogP contribution is -2.32. The largest absolute Gasteiger partial charge is 0.381 e. The smallest absolute Gasteiger partial charge is 0.319 e. The molecule has 0 atom stereocenters. The normalized spacial score (nSPS) is 14.9. The summed E-state index contributed by atoms with van der Waals surface area (Å²) < 4.78 is 17.9. The summed E-state index contributed by atoms with van der Waals surface area (Å²) in [5, 5.41) is 5.40. The minimum Gasteiger partial charge on any atom is -0.381 e. The maximum Gasteiger partial charge on any atom is 0.319 e. The molecule has 1 aliphatic rings. The van der Waals surface area contributed by atoms with Crippen molar-refractivity contribution in [2.75, 3.05) is 13.2 Å². The first-order valence-electron chi connectivity index (χ1n) is 6.28. The molecule has 2 rings (SSSR count). The maximum atomic E-state index is 12.7. The molecule has 4 nitrogen and oxygen atoms in total. The molecule has 5 heteroatoms. The first kappa shape index (κ1) is 13.5. The highest BCUT2D eigenvalue weighted by Gasteiger charge is 2.05. The molecule has 0 spiro atoms. The number of ether oxygens (including phenoxy) is 1. The molecular formula is C14H17FN2O2. The number of hydrogen-bond donors (Lipinski definition) is 2. The van der Waals surface area contributed by atoms with Crippen LogP contribution in [0.5, 0.6) is 0 Å². The van der Waals surface area contributed by atoms with Crippen molar-refractivity contribution in [2.45, 2.75) is 19.4 Å². The van der Waals surface area contributed by atoms with E-state index >= 15 is 0 Å². The quantitative estimate of drug-likeness (QED) is 0.880. The van der Waals surface area contributed by atoms with Crippen LogP contribution in [0.2, 0.25) is 0 Å². The number of hydrogen-bond acceptors (Lipinski definition) is 2. The number of rotatable bonds is 3. The van der Waals surface area contributed by atoms with E-state index in [9.17, 15) is 9.18 Å². The fourth-order valence-corrected chi connectivity index (χ4v) is 1.78. The number of nitrogens with one attached hydrogen (secondary N) is 2. The Hall–Kier alpha value is -1.88. The fraction of sp³-hybridized carbons (Fsp3) is 0.357. The molecule has 0 saturated carbocycles. The van der Waals surface area contributed by atoms with Crippen molar-refractivity contribution in [1.29, 1.82) is 0 Å². The molecule has 0 aromatic heterocycles. The molecule has 0 aliphatic carbocycles. The van der Waals surface area contributed by atoms with Crippen LogP contribution in [0.15, 0.2) is 36.0 Å². The van der Waals surface area contributed by atoms with Gasteiger partial charge in [-0.3, -0.25) is 0 Å². The Labute approximate surface area is 111 Å². The van der Waals surface area contributed by atoms with Gasteiger partial charge in [0.1, 0.15) is 5.82 Å². The summed E-state index contributed by atoms with van der Waals surface area (Å²) >= 11 is 0. The highest BCUT2D eigenvalue weighted by molar-refractivity contribution is 5.74. The van der Waals surface area contributed by atoms with E-state index in [4.69, 9.17) is 4.74 Å². The molecule has 102 valence electrons. The summed E-state index contributed by atoms with van der Waals surface area (Å²) in [6, 6.07) is 5.78. The third-order valence-electron chi connectivity index (χ3n) is 2.91. The van der Waals surface area contributed by atoms with Crippen molar-refractivity contribution in [1.82, 2.24) is 10.6 Å². The van der Waals surface area contributed by atoms with E-state index in [2.05, 4.69) is 10.6 Å². The average Bonchev–Trinajstić information content (AvgIpc) is 2.45. The first-order valence-corrected chi connectivity index (χ1v) is 6.28. The van der Waals surface area contributed by atoms with Gasteiger partial charge >= 0.3 is 6.03 Å². The summed E-state index contributed by atoms with van der Waals surface area (Å²) in [5.41, 5.74) is 2.04. The standard InChI is InChI=1S/C14H17FN2O2/c15-13-3-1-11(2-4-13)9-16-14(18)17-10-12-5-7-19-8-6-12/h1-4,10H,5-9H2,(H2,16,17,18). The van der Waals surface area contributed by atoms with Gasteiger partial charge in [0.05, 0.1) is 13.2 Å². The third-order valence-corrected chi connectivity index (χ3v) is 2.91. The summed E-state index contributed by atoms with van der Waals surface area (Å²) in [5.74, 6) is -0.280. The van der Waals surface area contributed by atoms with Crippen LogP contribution in [-0.2, 0) is 11.3 Å². The van der Waals surface area contributed by atoms with Gasteiger partial charge in [0.2, 0.25) is 0 Å². The minimum absolute atomic E-state index is 0.261. The Kier molecular flexibility index (Phi) is 4.92. The van der Waals surface area contributed by atoms with Gasteiger partial charge in [0.25, 0.3) is 0 Å². The van der Waals surface area contributed by atoms with Gasteiger partial charge in [-0.05, 0) is 36.1 Å². The summed E-state index contributed by atoms with van der Waals surface area (Å²) in [6.45, 7) is 1.80. The van der Waals surface area contributed by atoms with Crippen molar-refractivity contribution in [3.63, 3.8) is 0 Å². The van der Waals surface area contributed by atoms with E-state index in [1.165, 1.54) is 17.7 Å². The molecule has 1 heterocycles. The topological polar surface area (TPSA) is 50.4 Å². The van der Waals surface area contributed by atoms with Crippen LogP contribution in [0.1, 0.15) is 18.4 Å². The maximum absolute atomic E-state index is 12.7. The summed E-state index contributed by atoms with van der Waals surface area (Å²) in [4.78, 5) is 11.6. The van der Waals surface area contributed by atoms with Crippen molar-refractivity contribution in [3.8, 4) is 0 Å².